The van der Waals surface area contributed by atoms with E-state index in [0.717, 1.165) is 16.6 Å². The van der Waals surface area contributed by atoms with E-state index in [4.69, 9.17) is 9.59 Å². The summed E-state index contributed by atoms with van der Waals surface area (Å²) in [6, 6.07) is 16.5. The van der Waals surface area contributed by atoms with Crippen molar-refractivity contribution in [3.63, 3.8) is 0 Å². The second-order valence-electron chi connectivity index (χ2n) is 4.74. The second-order valence-corrected chi connectivity index (χ2v) is 4.74. The van der Waals surface area contributed by atoms with E-state index in [1.165, 1.54) is 11.1 Å². The summed E-state index contributed by atoms with van der Waals surface area (Å²) in [4.78, 5) is 16.2. The molecule has 0 spiro atoms. The van der Waals surface area contributed by atoms with Gasteiger partial charge in [0, 0.05) is 5.39 Å². The Morgan fingerprint density at radius 3 is 2.39 bits per heavy atom. The summed E-state index contributed by atoms with van der Waals surface area (Å²) in [5, 5.41) is 8.57. The lowest BCUT2D eigenvalue weighted by molar-refractivity contribution is -0.191. The van der Waals surface area contributed by atoms with Crippen LogP contribution in [0.3, 0.4) is 0 Å². The van der Waals surface area contributed by atoms with Gasteiger partial charge in [0.25, 0.3) is 0 Å². The van der Waals surface area contributed by atoms with Gasteiger partial charge in [0.15, 0.2) is 0 Å². The molecule has 0 aliphatic carbocycles. The zero-order valence-corrected chi connectivity index (χ0v) is 12.7. The minimum atomic E-state index is 0.250. The van der Waals surface area contributed by atoms with Gasteiger partial charge >= 0.3 is 6.15 Å². The zero-order valence-electron chi connectivity index (χ0n) is 12.7. The molecule has 4 nitrogen and oxygen atoms in total. The standard InChI is InChI=1S/C18H16N2.CO2/c1-2-6-15-10-12-18-16(13-15)17(19-20-18)11-9-14-7-4-3-5-8-14;2-1-3/h2-13H,1H3,(H,19,20);/b6-2+,11-9+;. The van der Waals surface area contributed by atoms with Gasteiger partial charge in [0.05, 0.1) is 11.2 Å². The summed E-state index contributed by atoms with van der Waals surface area (Å²) in [6.07, 6.45) is 8.55. The Kier molecular flexibility index (Phi) is 5.81. The van der Waals surface area contributed by atoms with Gasteiger partial charge < -0.3 is 0 Å². The molecule has 0 radical (unpaired) electrons. The first-order chi connectivity index (χ1) is 11.3. The van der Waals surface area contributed by atoms with Crippen molar-refractivity contribution in [2.75, 3.05) is 0 Å². The first-order valence-electron chi connectivity index (χ1n) is 7.11. The molecule has 1 aromatic heterocycles. The van der Waals surface area contributed by atoms with E-state index in [1.807, 2.05) is 37.3 Å². The van der Waals surface area contributed by atoms with E-state index >= 15 is 0 Å². The monoisotopic (exact) mass is 304 g/mol. The maximum absolute atomic E-state index is 8.12. The summed E-state index contributed by atoms with van der Waals surface area (Å²) >= 11 is 0. The van der Waals surface area contributed by atoms with Crippen LogP contribution in [0.4, 0.5) is 0 Å². The number of nitrogens with one attached hydrogen (secondary N) is 1. The Bertz CT molecular complexity index is 855. The van der Waals surface area contributed by atoms with E-state index in [-0.39, 0.29) is 6.15 Å². The highest BCUT2D eigenvalue weighted by molar-refractivity contribution is 5.90. The molecule has 0 atom stereocenters. The molecule has 1 N–H and O–H groups in total. The summed E-state index contributed by atoms with van der Waals surface area (Å²) in [5.74, 6) is 0. The van der Waals surface area contributed by atoms with Gasteiger partial charge in [-0.1, -0.05) is 54.6 Å². The Morgan fingerprint density at radius 2 is 1.70 bits per heavy atom. The van der Waals surface area contributed by atoms with Crippen LogP contribution in [0.2, 0.25) is 0 Å². The molecule has 23 heavy (non-hydrogen) atoms. The number of rotatable bonds is 3. The maximum atomic E-state index is 8.12. The molecule has 0 aliphatic rings. The zero-order chi connectivity index (χ0) is 16.5. The molecule has 1 heterocycles. The van der Waals surface area contributed by atoms with Crippen molar-refractivity contribution < 1.29 is 9.59 Å². The smallest absolute Gasteiger partial charge is 0.277 e. The lowest BCUT2D eigenvalue weighted by Gasteiger charge is -1.95. The molecule has 114 valence electrons. The van der Waals surface area contributed by atoms with Crippen LogP contribution in [-0.4, -0.2) is 16.3 Å². The van der Waals surface area contributed by atoms with Crippen molar-refractivity contribution in [3.8, 4) is 0 Å². The average Bonchev–Trinajstić information content (AvgIpc) is 2.97. The molecule has 4 heteroatoms. The molecule has 0 fully saturated rings. The Hall–Kier alpha value is -3.23. The number of aromatic amines is 1. The van der Waals surface area contributed by atoms with E-state index < -0.39 is 0 Å². The molecule has 3 aromatic rings. The number of allylic oxidation sites excluding steroid dienone is 1. The second kappa shape index (κ2) is 8.27. The number of benzene rings is 2. The van der Waals surface area contributed by atoms with Crippen LogP contribution in [0.5, 0.6) is 0 Å². The third-order valence-electron chi connectivity index (χ3n) is 3.21. The third kappa shape index (κ3) is 4.37. The maximum Gasteiger partial charge on any atom is 0.373 e. The molecule has 3 rings (SSSR count). The lowest BCUT2D eigenvalue weighted by atomic mass is 10.1. The molecule has 2 aromatic carbocycles. The van der Waals surface area contributed by atoms with Crippen LogP contribution < -0.4 is 0 Å². The minimum absolute atomic E-state index is 0.250. The molecule has 0 saturated heterocycles. The van der Waals surface area contributed by atoms with E-state index in [9.17, 15) is 0 Å². The summed E-state index contributed by atoms with van der Waals surface area (Å²) < 4.78 is 0. The highest BCUT2D eigenvalue weighted by atomic mass is 16.2. The van der Waals surface area contributed by atoms with Gasteiger partial charge in [-0.25, -0.2) is 0 Å². The van der Waals surface area contributed by atoms with Gasteiger partial charge in [0.1, 0.15) is 0 Å². The van der Waals surface area contributed by atoms with Crippen molar-refractivity contribution in [2.24, 2.45) is 0 Å². The van der Waals surface area contributed by atoms with Crippen LogP contribution in [0.1, 0.15) is 23.7 Å². The van der Waals surface area contributed by atoms with Crippen molar-refractivity contribution >= 4 is 35.3 Å². The fourth-order valence-electron chi connectivity index (χ4n) is 2.21. The van der Waals surface area contributed by atoms with Crippen LogP contribution in [0, 0.1) is 0 Å². The highest BCUT2D eigenvalue weighted by Crippen LogP contribution is 2.20. The molecule has 0 amide bonds. The van der Waals surface area contributed by atoms with Gasteiger partial charge in [0.2, 0.25) is 0 Å². The van der Waals surface area contributed by atoms with Crippen molar-refractivity contribution in [3.05, 3.63) is 71.4 Å². The number of H-pyrrole nitrogens is 1. The van der Waals surface area contributed by atoms with E-state index in [0.29, 0.717) is 0 Å². The first-order valence-corrected chi connectivity index (χ1v) is 7.11. The number of carbonyl (C=O) groups excluding carboxylic acids is 2. The first kappa shape index (κ1) is 16.1. The molecular weight excluding hydrogens is 288 g/mol. The fraction of sp³-hybridized carbons (Fsp3) is 0.0526. The van der Waals surface area contributed by atoms with Gasteiger partial charge in [-0.3, -0.25) is 5.10 Å². The summed E-state index contributed by atoms with van der Waals surface area (Å²) in [7, 11) is 0. The van der Waals surface area contributed by atoms with Crippen LogP contribution in [0.25, 0.3) is 29.1 Å². The number of nitrogens with zero attached hydrogens (tertiary/aromatic N) is 1. The van der Waals surface area contributed by atoms with Crippen molar-refractivity contribution in [1.29, 1.82) is 0 Å². The number of hydrogen-bond acceptors (Lipinski definition) is 3. The van der Waals surface area contributed by atoms with Crippen molar-refractivity contribution in [2.45, 2.75) is 6.92 Å². The quantitative estimate of drug-likeness (QED) is 0.789. The Morgan fingerprint density at radius 1 is 0.957 bits per heavy atom. The van der Waals surface area contributed by atoms with E-state index in [2.05, 4.69) is 52.7 Å². The lowest BCUT2D eigenvalue weighted by Crippen LogP contribution is -1.75. The van der Waals surface area contributed by atoms with E-state index in [1.54, 1.807) is 0 Å². The average molecular weight is 304 g/mol. The largest absolute Gasteiger partial charge is 0.373 e. The van der Waals surface area contributed by atoms with Gasteiger partial charge in [-0.2, -0.15) is 14.7 Å². The molecule has 0 saturated carbocycles. The number of fused-ring (bicyclic) bond motifs is 1. The predicted octanol–water partition coefficient (Wildman–Crippen LogP) is 4.18. The van der Waals surface area contributed by atoms with Crippen molar-refractivity contribution in [1.82, 2.24) is 10.2 Å². The summed E-state index contributed by atoms with van der Waals surface area (Å²) in [6.45, 7) is 2.02. The topological polar surface area (TPSA) is 62.8 Å². The van der Waals surface area contributed by atoms with Crippen LogP contribution in [-0.2, 0) is 9.59 Å². The molecule has 0 unspecified atom stereocenters. The minimum Gasteiger partial charge on any atom is -0.277 e. The number of aromatic nitrogens is 2. The molecule has 0 aliphatic heterocycles. The highest BCUT2D eigenvalue weighted by Gasteiger charge is 2.02. The molecule has 0 bridgehead atoms. The Labute approximate surface area is 134 Å². The third-order valence-corrected chi connectivity index (χ3v) is 3.21. The van der Waals surface area contributed by atoms with Gasteiger partial charge in [-0.15, -0.1) is 0 Å². The summed E-state index contributed by atoms with van der Waals surface area (Å²) in [5.41, 5.74) is 4.40. The van der Waals surface area contributed by atoms with Crippen LogP contribution >= 0.6 is 0 Å². The van der Waals surface area contributed by atoms with Crippen LogP contribution in [0.15, 0.2) is 54.6 Å². The van der Waals surface area contributed by atoms with Gasteiger partial charge in [-0.05, 0) is 36.3 Å². The SMILES string of the molecule is C/C=C/c1ccc2n[nH]c(/C=C/c3ccccc3)c2c1.O=C=O. The predicted molar refractivity (Wildman–Crippen MR) is 91.2 cm³/mol. The normalized spacial score (nSPS) is 10.7. The Balaban J connectivity index is 0.000000595. The fourth-order valence-corrected chi connectivity index (χ4v) is 2.21. The number of hydrogen-bond donors (Lipinski definition) is 1. The molecular formula is C19H16N2O2.